The van der Waals surface area contributed by atoms with E-state index in [4.69, 9.17) is 0 Å². The molecule has 0 fully saturated rings. The Kier molecular flexibility index (Phi) is 6.18. The van der Waals surface area contributed by atoms with Gasteiger partial charge in [-0.05, 0) is 45.0 Å². The molecule has 1 amide bonds. The molecule has 0 bridgehead atoms. The predicted octanol–water partition coefficient (Wildman–Crippen LogP) is 5.67. The molecule has 6 heteroatoms. The SMILES string of the molecule is Cc1ccc(NC(=O)[C@H](C)Sc2nnc(-c3ccc(C)cc3)n2-c2ccccc2)cc1. The molecular weight excluding hydrogens is 404 g/mol. The van der Waals surface area contributed by atoms with Crippen LogP contribution in [0.3, 0.4) is 0 Å². The minimum absolute atomic E-state index is 0.0756. The smallest absolute Gasteiger partial charge is 0.237 e. The number of benzene rings is 3. The van der Waals surface area contributed by atoms with Crippen molar-refractivity contribution in [1.82, 2.24) is 14.8 Å². The van der Waals surface area contributed by atoms with Crippen molar-refractivity contribution in [2.75, 3.05) is 5.32 Å². The van der Waals surface area contributed by atoms with Gasteiger partial charge in [-0.15, -0.1) is 10.2 Å². The molecule has 1 heterocycles. The summed E-state index contributed by atoms with van der Waals surface area (Å²) >= 11 is 1.39. The van der Waals surface area contributed by atoms with E-state index in [0.717, 1.165) is 28.3 Å². The second-order valence-electron chi connectivity index (χ2n) is 7.46. The van der Waals surface area contributed by atoms with Crippen LogP contribution in [0, 0.1) is 13.8 Å². The van der Waals surface area contributed by atoms with Crippen molar-refractivity contribution in [3.8, 4) is 17.1 Å². The Morgan fingerprint density at radius 2 is 1.48 bits per heavy atom. The summed E-state index contributed by atoms with van der Waals surface area (Å²) in [6, 6.07) is 26.0. The van der Waals surface area contributed by atoms with Gasteiger partial charge in [0.2, 0.25) is 5.91 Å². The first kappa shape index (κ1) is 20.9. The number of aromatic nitrogens is 3. The first-order chi connectivity index (χ1) is 15.0. The number of anilines is 1. The second kappa shape index (κ2) is 9.18. The normalized spacial score (nSPS) is 11.8. The Morgan fingerprint density at radius 1 is 0.871 bits per heavy atom. The maximum absolute atomic E-state index is 12.8. The number of para-hydroxylation sites is 1. The third kappa shape index (κ3) is 4.86. The summed E-state index contributed by atoms with van der Waals surface area (Å²) in [5.41, 5.74) is 5.06. The Morgan fingerprint density at radius 3 is 2.13 bits per heavy atom. The minimum Gasteiger partial charge on any atom is -0.325 e. The fourth-order valence-electron chi connectivity index (χ4n) is 3.14. The zero-order chi connectivity index (χ0) is 21.8. The van der Waals surface area contributed by atoms with Gasteiger partial charge in [-0.3, -0.25) is 9.36 Å². The molecule has 1 atom stereocenters. The van der Waals surface area contributed by atoms with Gasteiger partial charge in [-0.25, -0.2) is 0 Å². The highest BCUT2D eigenvalue weighted by molar-refractivity contribution is 8.00. The summed E-state index contributed by atoms with van der Waals surface area (Å²) in [5, 5.41) is 12.2. The van der Waals surface area contributed by atoms with E-state index in [0.29, 0.717) is 5.16 Å². The number of hydrogen-bond donors (Lipinski definition) is 1. The largest absolute Gasteiger partial charge is 0.325 e. The van der Waals surface area contributed by atoms with Crippen LogP contribution < -0.4 is 5.32 Å². The summed E-state index contributed by atoms with van der Waals surface area (Å²) in [7, 11) is 0. The standard InChI is InChI=1S/C25H24N4OS/c1-17-9-13-20(14-10-17)23-27-28-25(29(23)22-7-5-4-6-8-22)31-19(3)24(30)26-21-15-11-18(2)12-16-21/h4-16,19H,1-3H3,(H,26,30)/t19-/m0/s1. The molecule has 0 unspecified atom stereocenters. The number of carbonyl (C=O) groups excluding carboxylic acids is 1. The van der Waals surface area contributed by atoms with Gasteiger partial charge >= 0.3 is 0 Å². The van der Waals surface area contributed by atoms with Crippen LogP contribution in [0.15, 0.2) is 84.0 Å². The maximum Gasteiger partial charge on any atom is 0.237 e. The molecule has 3 aromatic carbocycles. The highest BCUT2D eigenvalue weighted by Gasteiger charge is 2.22. The molecule has 31 heavy (non-hydrogen) atoms. The van der Waals surface area contributed by atoms with Gasteiger partial charge in [0.1, 0.15) is 0 Å². The van der Waals surface area contributed by atoms with E-state index in [-0.39, 0.29) is 11.2 Å². The number of carbonyl (C=O) groups is 1. The van der Waals surface area contributed by atoms with Gasteiger partial charge in [0.15, 0.2) is 11.0 Å². The number of amides is 1. The summed E-state index contributed by atoms with van der Waals surface area (Å²) < 4.78 is 2.00. The molecule has 0 aliphatic rings. The Bertz CT molecular complexity index is 1170. The summed E-state index contributed by atoms with van der Waals surface area (Å²) in [6.45, 7) is 5.96. The third-order valence-electron chi connectivity index (χ3n) is 4.93. The first-order valence-corrected chi connectivity index (χ1v) is 11.0. The fourth-order valence-corrected chi connectivity index (χ4v) is 4.01. The van der Waals surface area contributed by atoms with E-state index in [1.165, 1.54) is 17.3 Å². The molecule has 0 saturated heterocycles. The van der Waals surface area contributed by atoms with Gasteiger partial charge in [0.05, 0.1) is 5.25 Å². The Labute approximate surface area is 186 Å². The minimum atomic E-state index is -0.348. The molecule has 4 aromatic rings. The molecular formula is C25H24N4OS. The van der Waals surface area contributed by atoms with E-state index >= 15 is 0 Å². The average Bonchev–Trinajstić information content (AvgIpc) is 3.19. The van der Waals surface area contributed by atoms with Crippen molar-refractivity contribution in [3.63, 3.8) is 0 Å². The van der Waals surface area contributed by atoms with Crippen LogP contribution in [-0.4, -0.2) is 25.9 Å². The monoisotopic (exact) mass is 428 g/mol. The summed E-state index contributed by atoms with van der Waals surface area (Å²) in [4.78, 5) is 12.8. The maximum atomic E-state index is 12.8. The van der Waals surface area contributed by atoms with Crippen molar-refractivity contribution in [2.45, 2.75) is 31.2 Å². The summed E-state index contributed by atoms with van der Waals surface area (Å²) in [5.74, 6) is 0.674. The number of nitrogens with one attached hydrogen (secondary N) is 1. The molecule has 0 aliphatic carbocycles. The Hall–Kier alpha value is -3.38. The van der Waals surface area contributed by atoms with Crippen molar-refractivity contribution in [1.29, 1.82) is 0 Å². The van der Waals surface area contributed by atoms with Gasteiger partial charge in [-0.1, -0.05) is 77.5 Å². The van der Waals surface area contributed by atoms with E-state index < -0.39 is 0 Å². The van der Waals surface area contributed by atoms with E-state index in [2.05, 4.69) is 34.6 Å². The van der Waals surface area contributed by atoms with Crippen molar-refractivity contribution < 1.29 is 4.79 Å². The number of thioether (sulfide) groups is 1. The highest BCUT2D eigenvalue weighted by Crippen LogP contribution is 2.30. The van der Waals surface area contributed by atoms with Crippen molar-refractivity contribution in [3.05, 3.63) is 90.0 Å². The van der Waals surface area contributed by atoms with Gasteiger partial charge in [-0.2, -0.15) is 0 Å². The third-order valence-corrected chi connectivity index (χ3v) is 5.97. The van der Waals surface area contributed by atoms with E-state index in [1.807, 2.05) is 85.1 Å². The van der Waals surface area contributed by atoms with Crippen molar-refractivity contribution in [2.24, 2.45) is 0 Å². The zero-order valence-electron chi connectivity index (χ0n) is 17.7. The number of hydrogen-bond acceptors (Lipinski definition) is 4. The molecule has 4 rings (SSSR count). The quantitative estimate of drug-likeness (QED) is 0.402. The molecule has 5 nitrogen and oxygen atoms in total. The summed E-state index contributed by atoms with van der Waals surface area (Å²) in [6.07, 6.45) is 0. The van der Waals surface area contributed by atoms with Crippen LogP contribution in [0.5, 0.6) is 0 Å². The van der Waals surface area contributed by atoms with Crippen LogP contribution in [0.25, 0.3) is 17.1 Å². The molecule has 0 saturated carbocycles. The molecule has 1 N–H and O–H groups in total. The topological polar surface area (TPSA) is 59.8 Å². The van der Waals surface area contributed by atoms with Gasteiger partial charge in [0, 0.05) is 16.9 Å². The van der Waals surface area contributed by atoms with Crippen molar-refractivity contribution >= 4 is 23.4 Å². The highest BCUT2D eigenvalue weighted by atomic mass is 32.2. The predicted molar refractivity (Wildman–Crippen MR) is 127 cm³/mol. The molecule has 1 aromatic heterocycles. The molecule has 156 valence electrons. The number of nitrogens with zero attached hydrogens (tertiary/aromatic N) is 3. The second-order valence-corrected chi connectivity index (χ2v) is 8.77. The van der Waals surface area contributed by atoms with E-state index in [9.17, 15) is 4.79 Å². The molecule has 0 spiro atoms. The molecule has 0 radical (unpaired) electrons. The molecule has 0 aliphatic heterocycles. The van der Waals surface area contributed by atoms with Crippen LogP contribution in [0.2, 0.25) is 0 Å². The van der Waals surface area contributed by atoms with Crippen LogP contribution in [0.1, 0.15) is 18.1 Å². The van der Waals surface area contributed by atoms with Gasteiger partial charge < -0.3 is 5.32 Å². The number of rotatable bonds is 6. The first-order valence-electron chi connectivity index (χ1n) is 10.1. The van der Waals surface area contributed by atoms with Gasteiger partial charge in [0.25, 0.3) is 0 Å². The average molecular weight is 429 g/mol. The lowest BCUT2D eigenvalue weighted by Crippen LogP contribution is -2.22. The Balaban J connectivity index is 1.62. The zero-order valence-corrected chi connectivity index (χ0v) is 18.6. The fraction of sp³-hybridized carbons (Fsp3) is 0.160. The van der Waals surface area contributed by atoms with E-state index in [1.54, 1.807) is 0 Å². The lowest BCUT2D eigenvalue weighted by Gasteiger charge is -2.14. The van der Waals surface area contributed by atoms with Crippen LogP contribution in [0.4, 0.5) is 5.69 Å². The van der Waals surface area contributed by atoms with Crippen LogP contribution in [-0.2, 0) is 4.79 Å². The lowest BCUT2D eigenvalue weighted by atomic mass is 10.1. The number of aryl methyl sites for hydroxylation is 2. The van der Waals surface area contributed by atoms with Crippen LogP contribution >= 0.6 is 11.8 Å². The lowest BCUT2D eigenvalue weighted by molar-refractivity contribution is -0.115.